The Hall–Kier alpha value is -1.75. The monoisotopic (exact) mass is 339 g/mol. The number of aryl methyl sites for hydroxylation is 2. The molecule has 0 fully saturated rings. The average molecular weight is 340 g/mol. The van der Waals surface area contributed by atoms with Crippen molar-refractivity contribution in [2.45, 2.75) is 13.8 Å². The van der Waals surface area contributed by atoms with Crippen LogP contribution in [0.15, 0.2) is 34.8 Å². The molecule has 104 valence electrons. The number of benzene rings is 2. The van der Waals surface area contributed by atoms with E-state index in [9.17, 15) is 13.6 Å². The number of hydrogen-bond acceptors (Lipinski definition) is 1. The fourth-order valence-corrected chi connectivity index (χ4v) is 2.16. The predicted molar refractivity (Wildman–Crippen MR) is 77.9 cm³/mol. The van der Waals surface area contributed by atoms with E-state index < -0.39 is 23.1 Å². The van der Waals surface area contributed by atoms with Gasteiger partial charge >= 0.3 is 0 Å². The molecule has 0 aliphatic rings. The highest BCUT2D eigenvalue weighted by molar-refractivity contribution is 9.10. The molecule has 0 aliphatic heterocycles. The lowest BCUT2D eigenvalue weighted by molar-refractivity contribution is 0.101. The third-order valence-corrected chi connectivity index (χ3v) is 4.00. The summed E-state index contributed by atoms with van der Waals surface area (Å²) in [5.41, 5.74) is 1.03. The van der Waals surface area contributed by atoms with Gasteiger partial charge in [-0.3, -0.25) is 4.79 Å². The fourth-order valence-electron chi connectivity index (χ4n) is 1.79. The number of halogens is 3. The van der Waals surface area contributed by atoms with Gasteiger partial charge in [-0.15, -0.1) is 0 Å². The van der Waals surface area contributed by atoms with Crippen molar-refractivity contribution in [2.24, 2.45) is 0 Å². The number of carbonyl (C=O) groups excluding carboxylic acids is 1. The largest absolute Gasteiger partial charge is 0.321 e. The van der Waals surface area contributed by atoms with Crippen LogP contribution in [0.3, 0.4) is 0 Å². The Labute approximate surface area is 123 Å². The topological polar surface area (TPSA) is 29.1 Å². The molecule has 0 saturated carbocycles. The summed E-state index contributed by atoms with van der Waals surface area (Å²) in [5.74, 6) is -2.53. The van der Waals surface area contributed by atoms with Gasteiger partial charge in [0.05, 0.1) is 5.69 Å². The summed E-state index contributed by atoms with van der Waals surface area (Å²) < 4.78 is 28.2. The summed E-state index contributed by atoms with van der Waals surface area (Å²) in [5, 5.41) is 2.51. The van der Waals surface area contributed by atoms with Gasteiger partial charge in [0.15, 0.2) is 0 Å². The summed E-state index contributed by atoms with van der Waals surface area (Å²) in [6.07, 6.45) is 0. The van der Waals surface area contributed by atoms with E-state index in [1.807, 2.05) is 13.0 Å². The molecule has 2 rings (SSSR count). The summed E-state index contributed by atoms with van der Waals surface area (Å²) >= 11 is 3.33. The van der Waals surface area contributed by atoms with Crippen LogP contribution in [0, 0.1) is 25.5 Å². The van der Waals surface area contributed by atoms with Gasteiger partial charge in [0, 0.05) is 4.47 Å². The van der Waals surface area contributed by atoms with E-state index >= 15 is 0 Å². The first-order valence-electron chi connectivity index (χ1n) is 5.93. The second-order valence-electron chi connectivity index (χ2n) is 4.44. The standard InChI is InChI=1S/C15H12BrF2NO/c1-8-4-3-5-11(13(8)16)19-15(20)12-10(17)7-6-9(2)14(12)18/h3-7H,1-2H3,(H,19,20). The zero-order valence-electron chi connectivity index (χ0n) is 10.9. The number of carbonyl (C=O) groups is 1. The van der Waals surface area contributed by atoms with Crippen molar-refractivity contribution in [3.8, 4) is 0 Å². The molecule has 5 heteroatoms. The van der Waals surface area contributed by atoms with Crippen LogP contribution in [0.5, 0.6) is 0 Å². The second kappa shape index (κ2) is 5.71. The van der Waals surface area contributed by atoms with Crippen LogP contribution in [0.4, 0.5) is 14.5 Å². The Morgan fingerprint density at radius 1 is 1.10 bits per heavy atom. The van der Waals surface area contributed by atoms with Gasteiger partial charge in [-0.1, -0.05) is 18.2 Å². The number of rotatable bonds is 2. The van der Waals surface area contributed by atoms with Crippen LogP contribution in [0.25, 0.3) is 0 Å². The van der Waals surface area contributed by atoms with Gasteiger partial charge in [0.1, 0.15) is 17.2 Å². The molecule has 0 unspecified atom stereocenters. The Morgan fingerprint density at radius 2 is 1.80 bits per heavy atom. The van der Waals surface area contributed by atoms with Gasteiger partial charge < -0.3 is 5.32 Å². The smallest absolute Gasteiger partial charge is 0.261 e. The molecule has 0 aliphatic carbocycles. The molecule has 0 saturated heterocycles. The van der Waals surface area contributed by atoms with E-state index in [0.717, 1.165) is 11.6 Å². The van der Waals surface area contributed by atoms with Crippen LogP contribution in [0.2, 0.25) is 0 Å². The highest BCUT2D eigenvalue weighted by Crippen LogP contribution is 2.27. The minimum atomic E-state index is -0.880. The van der Waals surface area contributed by atoms with Gasteiger partial charge in [-0.05, 0) is 53.0 Å². The van der Waals surface area contributed by atoms with Gasteiger partial charge in [-0.25, -0.2) is 8.78 Å². The van der Waals surface area contributed by atoms with Crippen LogP contribution >= 0.6 is 15.9 Å². The fraction of sp³-hybridized carbons (Fsp3) is 0.133. The number of hydrogen-bond donors (Lipinski definition) is 1. The van der Waals surface area contributed by atoms with Gasteiger partial charge in [-0.2, -0.15) is 0 Å². The van der Waals surface area contributed by atoms with Crippen molar-refractivity contribution in [3.63, 3.8) is 0 Å². The lowest BCUT2D eigenvalue weighted by Crippen LogP contribution is -2.17. The quantitative estimate of drug-likeness (QED) is 0.851. The first-order chi connectivity index (χ1) is 9.41. The first-order valence-corrected chi connectivity index (χ1v) is 6.72. The third-order valence-electron chi connectivity index (χ3n) is 2.95. The predicted octanol–water partition coefficient (Wildman–Crippen LogP) is 4.60. The second-order valence-corrected chi connectivity index (χ2v) is 5.24. The van der Waals surface area contributed by atoms with Crippen molar-refractivity contribution >= 4 is 27.5 Å². The maximum Gasteiger partial charge on any atom is 0.261 e. The summed E-state index contributed by atoms with van der Waals surface area (Å²) in [6, 6.07) is 7.63. The SMILES string of the molecule is Cc1ccc(F)c(C(=O)Nc2cccc(C)c2Br)c1F. The first kappa shape index (κ1) is 14.7. The highest BCUT2D eigenvalue weighted by atomic mass is 79.9. The number of amides is 1. The molecule has 0 aromatic heterocycles. The molecule has 0 atom stereocenters. The number of nitrogens with one attached hydrogen (secondary N) is 1. The zero-order valence-corrected chi connectivity index (χ0v) is 12.5. The van der Waals surface area contributed by atoms with E-state index in [-0.39, 0.29) is 5.56 Å². The minimum Gasteiger partial charge on any atom is -0.321 e. The van der Waals surface area contributed by atoms with Gasteiger partial charge in [0.2, 0.25) is 0 Å². The molecule has 1 N–H and O–H groups in total. The maximum atomic E-state index is 13.9. The van der Waals surface area contributed by atoms with Crippen molar-refractivity contribution < 1.29 is 13.6 Å². The van der Waals surface area contributed by atoms with Gasteiger partial charge in [0.25, 0.3) is 5.91 Å². The molecule has 1 amide bonds. The van der Waals surface area contributed by atoms with E-state index in [1.54, 1.807) is 12.1 Å². The molecule has 0 heterocycles. The average Bonchev–Trinajstić information content (AvgIpc) is 2.40. The van der Waals surface area contributed by atoms with Crippen molar-refractivity contribution in [1.82, 2.24) is 0 Å². The highest BCUT2D eigenvalue weighted by Gasteiger charge is 2.20. The van der Waals surface area contributed by atoms with Crippen LogP contribution < -0.4 is 5.32 Å². The Morgan fingerprint density at radius 3 is 2.50 bits per heavy atom. The Kier molecular flexibility index (Phi) is 4.18. The van der Waals surface area contributed by atoms with Crippen molar-refractivity contribution in [1.29, 1.82) is 0 Å². The molecule has 2 nitrogen and oxygen atoms in total. The molecule has 0 spiro atoms. The van der Waals surface area contributed by atoms with Crippen molar-refractivity contribution in [3.05, 3.63) is 63.1 Å². The van der Waals surface area contributed by atoms with Crippen molar-refractivity contribution in [2.75, 3.05) is 5.32 Å². The summed E-state index contributed by atoms with van der Waals surface area (Å²) in [6.45, 7) is 3.34. The van der Waals surface area contributed by atoms with E-state index in [2.05, 4.69) is 21.2 Å². The summed E-state index contributed by atoms with van der Waals surface area (Å²) in [4.78, 5) is 12.1. The Bertz CT molecular complexity index is 686. The maximum absolute atomic E-state index is 13.9. The molecule has 2 aromatic rings. The molecule has 0 bridgehead atoms. The molecule has 0 radical (unpaired) electrons. The van der Waals surface area contributed by atoms with Crippen LogP contribution in [-0.4, -0.2) is 5.91 Å². The zero-order chi connectivity index (χ0) is 14.9. The lowest BCUT2D eigenvalue weighted by atomic mass is 10.1. The molecular weight excluding hydrogens is 328 g/mol. The minimum absolute atomic E-state index is 0.222. The Balaban J connectivity index is 2.39. The van der Waals surface area contributed by atoms with E-state index in [4.69, 9.17) is 0 Å². The lowest BCUT2D eigenvalue weighted by Gasteiger charge is -2.11. The normalized spacial score (nSPS) is 10.4. The van der Waals surface area contributed by atoms with E-state index in [1.165, 1.54) is 13.0 Å². The molecule has 2 aromatic carbocycles. The van der Waals surface area contributed by atoms with Crippen LogP contribution in [0.1, 0.15) is 21.5 Å². The molecule has 20 heavy (non-hydrogen) atoms. The third kappa shape index (κ3) is 2.72. The summed E-state index contributed by atoms with van der Waals surface area (Å²) in [7, 11) is 0. The van der Waals surface area contributed by atoms with E-state index in [0.29, 0.717) is 10.2 Å². The number of anilines is 1. The molecular formula is C15H12BrF2NO. The van der Waals surface area contributed by atoms with Crippen LogP contribution in [-0.2, 0) is 0 Å².